The van der Waals surface area contributed by atoms with Crippen molar-refractivity contribution in [2.45, 2.75) is 76.3 Å². The van der Waals surface area contributed by atoms with Crippen LogP contribution >= 0.6 is 0 Å². The van der Waals surface area contributed by atoms with Gasteiger partial charge in [-0.15, -0.1) is 0 Å². The van der Waals surface area contributed by atoms with Gasteiger partial charge in [-0.05, 0) is 33.1 Å². The third-order valence-electron chi connectivity index (χ3n) is 7.57. The summed E-state index contributed by atoms with van der Waals surface area (Å²) in [5, 5.41) is 10.1. The molecule has 0 saturated carbocycles. The van der Waals surface area contributed by atoms with Gasteiger partial charge in [-0.3, -0.25) is 14.4 Å². The first-order chi connectivity index (χ1) is 15.3. The van der Waals surface area contributed by atoms with Gasteiger partial charge in [0.05, 0.1) is 25.2 Å². The lowest BCUT2D eigenvalue weighted by atomic mass is 9.73. The van der Waals surface area contributed by atoms with Gasteiger partial charge in [0.1, 0.15) is 23.2 Å². The maximum atomic E-state index is 14.0. The number of aliphatic hydroxyl groups excluding tert-OH is 1. The van der Waals surface area contributed by atoms with E-state index < -0.39 is 41.1 Å². The third kappa shape index (κ3) is 3.06. The van der Waals surface area contributed by atoms with Gasteiger partial charge in [0.25, 0.3) is 0 Å². The number of rotatable bonds is 5. The minimum atomic E-state index is -1.30. The Labute approximate surface area is 189 Å². The SMILES string of the molecule is CC[C@@H](CO)N1C(=O)[C@@H]2[C@@H]3C(=O)OCCC=C[C@]3(CC)O[C@@]23C=CCN(C(C)C)C(=O)C13. The molecule has 2 fully saturated rings. The number of fused-ring (bicyclic) bond motifs is 2. The second kappa shape index (κ2) is 8.30. The highest BCUT2D eigenvalue weighted by Crippen LogP contribution is 2.58. The van der Waals surface area contributed by atoms with Crippen molar-refractivity contribution in [1.29, 1.82) is 0 Å². The number of carbonyl (C=O) groups excluding carboxylic acids is 3. The monoisotopic (exact) mass is 446 g/mol. The van der Waals surface area contributed by atoms with E-state index in [-0.39, 0.29) is 31.1 Å². The Balaban J connectivity index is 1.94. The topological polar surface area (TPSA) is 96.4 Å². The highest BCUT2D eigenvalue weighted by molar-refractivity contribution is 5.99. The number of hydrogen-bond acceptors (Lipinski definition) is 6. The molecule has 0 aromatic rings. The van der Waals surface area contributed by atoms with Gasteiger partial charge < -0.3 is 24.4 Å². The van der Waals surface area contributed by atoms with Crippen LogP contribution in [-0.2, 0) is 23.9 Å². The van der Waals surface area contributed by atoms with E-state index in [1.54, 1.807) is 4.90 Å². The minimum absolute atomic E-state index is 0.0763. The molecular weight excluding hydrogens is 412 g/mol. The molecule has 4 aliphatic rings. The summed E-state index contributed by atoms with van der Waals surface area (Å²) in [6, 6.07) is -1.57. The molecule has 32 heavy (non-hydrogen) atoms. The summed E-state index contributed by atoms with van der Waals surface area (Å²) < 4.78 is 12.3. The summed E-state index contributed by atoms with van der Waals surface area (Å²) in [5.41, 5.74) is -2.32. The van der Waals surface area contributed by atoms with Crippen LogP contribution in [0.25, 0.3) is 0 Å². The fraction of sp³-hybridized carbons (Fsp3) is 0.708. The van der Waals surface area contributed by atoms with Gasteiger partial charge in [-0.25, -0.2) is 0 Å². The molecule has 2 amide bonds. The fourth-order valence-corrected chi connectivity index (χ4v) is 5.96. The first-order valence-corrected chi connectivity index (χ1v) is 11.7. The van der Waals surface area contributed by atoms with Crippen LogP contribution in [0.4, 0.5) is 0 Å². The zero-order chi connectivity index (χ0) is 23.3. The second-order valence-electron chi connectivity index (χ2n) is 9.46. The van der Waals surface area contributed by atoms with Gasteiger partial charge in [-0.2, -0.15) is 0 Å². The van der Waals surface area contributed by atoms with E-state index in [1.807, 2.05) is 52.0 Å². The molecule has 1 N–H and O–H groups in total. The lowest BCUT2D eigenvalue weighted by Gasteiger charge is -2.41. The summed E-state index contributed by atoms with van der Waals surface area (Å²) in [6.07, 6.45) is 9.05. The van der Waals surface area contributed by atoms with Crippen LogP contribution in [0, 0.1) is 11.8 Å². The number of esters is 1. The Bertz CT molecular complexity index is 849. The van der Waals surface area contributed by atoms with Crippen molar-refractivity contribution in [2.24, 2.45) is 11.8 Å². The van der Waals surface area contributed by atoms with Gasteiger partial charge in [0.2, 0.25) is 11.8 Å². The van der Waals surface area contributed by atoms with Crippen LogP contribution in [0.3, 0.4) is 0 Å². The average Bonchev–Trinajstić information content (AvgIpc) is 3.10. The highest BCUT2D eigenvalue weighted by atomic mass is 16.6. The Morgan fingerprint density at radius 3 is 2.50 bits per heavy atom. The number of likely N-dealkylation sites (tertiary alicyclic amines) is 1. The Hall–Kier alpha value is -2.19. The van der Waals surface area contributed by atoms with E-state index in [2.05, 4.69) is 0 Å². The van der Waals surface area contributed by atoms with Crippen LogP contribution in [0.1, 0.15) is 47.0 Å². The van der Waals surface area contributed by atoms with Crippen molar-refractivity contribution in [3.8, 4) is 0 Å². The summed E-state index contributed by atoms with van der Waals surface area (Å²) >= 11 is 0. The van der Waals surface area contributed by atoms with Crippen LogP contribution < -0.4 is 0 Å². The molecule has 0 aliphatic carbocycles. The zero-order valence-electron chi connectivity index (χ0n) is 19.3. The van der Waals surface area contributed by atoms with E-state index >= 15 is 0 Å². The van der Waals surface area contributed by atoms with Crippen molar-refractivity contribution in [2.75, 3.05) is 19.8 Å². The second-order valence-corrected chi connectivity index (χ2v) is 9.46. The molecule has 176 valence electrons. The molecular formula is C24H34N2O6. The number of hydrogen-bond donors (Lipinski definition) is 1. The molecule has 0 aromatic carbocycles. The molecule has 2 saturated heterocycles. The molecule has 4 rings (SSSR count). The van der Waals surface area contributed by atoms with E-state index in [1.165, 1.54) is 4.90 Å². The maximum absolute atomic E-state index is 14.0. The van der Waals surface area contributed by atoms with E-state index in [4.69, 9.17) is 9.47 Å². The largest absolute Gasteiger partial charge is 0.465 e. The predicted octanol–water partition coefficient (Wildman–Crippen LogP) is 1.43. The van der Waals surface area contributed by atoms with Crippen LogP contribution in [0.15, 0.2) is 24.3 Å². The first-order valence-electron chi connectivity index (χ1n) is 11.7. The third-order valence-corrected chi connectivity index (χ3v) is 7.57. The Morgan fingerprint density at radius 1 is 1.12 bits per heavy atom. The molecule has 4 heterocycles. The van der Waals surface area contributed by atoms with E-state index in [0.29, 0.717) is 25.8 Å². The van der Waals surface area contributed by atoms with Crippen LogP contribution in [-0.4, -0.2) is 81.8 Å². The molecule has 1 spiro atoms. The minimum Gasteiger partial charge on any atom is -0.465 e. The van der Waals surface area contributed by atoms with E-state index in [9.17, 15) is 19.5 Å². The normalized spacial score (nSPS) is 37.6. The zero-order valence-corrected chi connectivity index (χ0v) is 19.3. The number of aliphatic hydroxyl groups is 1. The number of cyclic esters (lactones) is 1. The van der Waals surface area contributed by atoms with E-state index in [0.717, 1.165) is 0 Å². The molecule has 8 nitrogen and oxygen atoms in total. The van der Waals surface area contributed by atoms with Crippen molar-refractivity contribution in [3.63, 3.8) is 0 Å². The van der Waals surface area contributed by atoms with Crippen molar-refractivity contribution < 1.29 is 29.0 Å². The number of amides is 2. The number of nitrogens with zero attached hydrogens (tertiary/aromatic N) is 2. The molecule has 6 atom stereocenters. The molecule has 4 aliphatic heterocycles. The molecule has 1 unspecified atom stereocenters. The Morgan fingerprint density at radius 2 is 1.88 bits per heavy atom. The molecule has 0 aromatic heterocycles. The average molecular weight is 447 g/mol. The molecule has 0 radical (unpaired) electrons. The van der Waals surface area contributed by atoms with Gasteiger partial charge in [0.15, 0.2) is 0 Å². The number of carbonyl (C=O) groups is 3. The predicted molar refractivity (Wildman–Crippen MR) is 116 cm³/mol. The smallest absolute Gasteiger partial charge is 0.313 e. The van der Waals surface area contributed by atoms with Gasteiger partial charge in [-0.1, -0.05) is 38.2 Å². The standard InChI is InChI=1S/C24H34N2O6/c1-5-16(14-27)26-19-21(29)25(15(3)4)12-9-11-24(19)17(20(26)28)18-22(30)31-13-8-7-10-23(18,6-2)32-24/h7,9-11,15-19,27H,5-6,8,12-14H2,1-4H3/t16-,17-,18+,19?,23-,24-/m0/s1. The lowest BCUT2D eigenvalue weighted by Crippen LogP contribution is -2.59. The summed E-state index contributed by atoms with van der Waals surface area (Å²) in [5.74, 6) is -2.76. The van der Waals surface area contributed by atoms with Gasteiger partial charge >= 0.3 is 5.97 Å². The first kappa shape index (κ1) is 23.0. The van der Waals surface area contributed by atoms with Crippen LogP contribution in [0.2, 0.25) is 0 Å². The quantitative estimate of drug-likeness (QED) is 0.507. The molecule has 8 heteroatoms. The Kier molecular flexibility index (Phi) is 5.96. The summed E-state index contributed by atoms with van der Waals surface area (Å²) in [4.78, 5) is 44.4. The summed E-state index contributed by atoms with van der Waals surface area (Å²) in [6.45, 7) is 8.03. The molecule has 0 bridgehead atoms. The number of ether oxygens (including phenoxy) is 2. The fourth-order valence-electron chi connectivity index (χ4n) is 5.96. The summed E-state index contributed by atoms with van der Waals surface area (Å²) in [7, 11) is 0. The van der Waals surface area contributed by atoms with Crippen molar-refractivity contribution in [3.05, 3.63) is 24.3 Å². The maximum Gasteiger partial charge on any atom is 0.313 e. The van der Waals surface area contributed by atoms with Crippen molar-refractivity contribution in [1.82, 2.24) is 9.80 Å². The highest BCUT2D eigenvalue weighted by Gasteiger charge is 2.75. The van der Waals surface area contributed by atoms with Crippen LogP contribution in [0.5, 0.6) is 0 Å². The van der Waals surface area contributed by atoms with Gasteiger partial charge in [0, 0.05) is 12.6 Å². The lowest BCUT2D eigenvalue weighted by molar-refractivity contribution is -0.164. The van der Waals surface area contributed by atoms with Crippen molar-refractivity contribution >= 4 is 17.8 Å².